The first-order valence-electron chi connectivity index (χ1n) is 9.12. The Morgan fingerprint density at radius 2 is 1.90 bits per heavy atom. The first-order chi connectivity index (χ1) is 14.1. The molecule has 29 heavy (non-hydrogen) atoms. The lowest BCUT2D eigenvalue weighted by Crippen LogP contribution is -2.35. The van der Waals surface area contributed by atoms with Crippen molar-refractivity contribution in [3.8, 4) is 11.5 Å². The predicted octanol–water partition coefficient (Wildman–Crippen LogP) is 2.82. The van der Waals surface area contributed by atoms with Crippen LogP contribution in [0.2, 0.25) is 0 Å². The van der Waals surface area contributed by atoms with E-state index in [2.05, 4.69) is 15.8 Å². The third-order valence-corrected chi connectivity index (χ3v) is 4.13. The van der Waals surface area contributed by atoms with E-state index in [1.54, 1.807) is 24.3 Å². The number of phenolic OH excluding ortho intramolecular Hbond substituents is 1. The van der Waals surface area contributed by atoms with Crippen molar-refractivity contribution in [2.75, 3.05) is 13.2 Å². The van der Waals surface area contributed by atoms with Crippen molar-refractivity contribution in [2.45, 2.75) is 6.92 Å². The van der Waals surface area contributed by atoms with Crippen molar-refractivity contribution in [3.05, 3.63) is 71.8 Å². The maximum Gasteiger partial charge on any atom is 0.259 e. The Hall–Kier alpha value is -3.87. The van der Waals surface area contributed by atoms with Crippen LogP contribution in [0.4, 0.5) is 0 Å². The van der Waals surface area contributed by atoms with Gasteiger partial charge < -0.3 is 15.2 Å². The summed E-state index contributed by atoms with van der Waals surface area (Å²) in [4.78, 5) is 24.4. The zero-order valence-electron chi connectivity index (χ0n) is 15.9. The topological polar surface area (TPSA) is 100 Å². The maximum atomic E-state index is 12.4. The highest BCUT2D eigenvalue weighted by atomic mass is 16.5. The number of carbonyl (C=O) groups excluding carboxylic acids is 2. The van der Waals surface area contributed by atoms with E-state index in [0.717, 1.165) is 10.8 Å². The van der Waals surface area contributed by atoms with Gasteiger partial charge in [-0.2, -0.15) is 5.10 Å². The Morgan fingerprint density at radius 1 is 1.10 bits per heavy atom. The summed E-state index contributed by atoms with van der Waals surface area (Å²) >= 11 is 0. The number of nitrogens with one attached hydrogen (secondary N) is 2. The first-order valence-corrected chi connectivity index (χ1v) is 9.12. The van der Waals surface area contributed by atoms with Crippen molar-refractivity contribution in [3.63, 3.8) is 0 Å². The molecule has 0 aliphatic rings. The molecule has 0 radical (unpaired) electrons. The Kier molecular flexibility index (Phi) is 6.42. The summed E-state index contributed by atoms with van der Waals surface area (Å²) in [7, 11) is 0. The molecule has 0 bridgehead atoms. The van der Waals surface area contributed by atoms with Crippen LogP contribution in [-0.2, 0) is 4.79 Å². The number of fused-ring (bicyclic) bond motifs is 1. The molecule has 7 nitrogen and oxygen atoms in total. The molecule has 0 heterocycles. The van der Waals surface area contributed by atoms with Crippen LogP contribution in [0.25, 0.3) is 10.8 Å². The molecule has 3 N–H and O–H groups in total. The Bertz CT molecular complexity index is 1060. The lowest BCUT2D eigenvalue weighted by Gasteiger charge is -2.07. The van der Waals surface area contributed by atoms with Crippen LogP contribution in [0.5, 0.6) is 11.5 Å². The first kappa shape index (κ1) is 19.9. The number of ether oxygens (including phenoxy) is 1. The number of benzene rings is 3. The summed E-state index contributed by atoms with van der Waals surface area (Å²) in [5.41, 5.74) is 3.50. The molecule has 0 saturated carbocycles. The quantitative estimate of drug-likeness (QED) is 0.426. The lowest BCUT2D eigenvalue weighted by molar-refractivity contribution is -0.120. The van der Waals surface area contributed by atoms with Gasteiger partial charge in [-0.25, -0.2) is 5.43 Å². The van der Waals surface area contributed by atoms with E-state index in [4.69, 9.17) is 4.74 Å². The fraction of sp³-hybridized carbons (Fsp3) is 0.136. The number of nitrogens with zero attached hydrogens (tertiary/aromatic N) is 1. The molecule has 0 atom stereocenters. The van der Waals surface area contributed by atoms with E-state index in [-0.39, 0.29) is 18.2 Å². The summed E-state index contributed by atoms with van der Waals surface area (Å²) in [6, 6.07) is 17.7. The number of hydrazone groups is 1. The third kappa shape index (κ3) is 5.10. The van der Waals surface area contributed by atoms with Gasteiger partial charge in [-0.15, -0.1) is 0 Å². The predicted molar refractivity (Wildman–Crippen MR) is 111 cm³/mol. The average Bonchev–Trinajstić information content (AvgIpc) is 2.74. The summed E-state index contributed by atoms with van der Waals surface area (Å²) in [6.45, 7) is 2.02. The molecule has 3 aromatic carbocycles. The molecule has 0 unspecified atom stereocenters. The third-order valence-electron chi connectivity index (χ3n) is 4.13. The van der Waals surface area contributed by atoms with Crippen LogP contribution in [-0.4, -0.2) is 36.3 Å². The highest BCUT2D eigenvalue weighted by molar-refractivity contribution is 6.07. The molecule has 148 valence electrons. The summed E-state index contributed by atoms with van der Waals surface area (Å²) in [6.07, 6.45) is 1.42. The standard InChI is InChI=1S/C22H21N3O4/c1-2-29-20-12-15(10-11-19(20)26)13-24-25-21(27)14-23-22(28)18-9-5-7-16-6-3-4-8-17(16)18/h3-13,26H,2,14H2,1H3,(H,23,28)(H,25,27). The second-order valence-corrected chi connectivity index (χ2v) is 6.16. The maximum absolute atomic E-state index is 12.4. The summed E-state index contributed by atoms with van der Waals surface area (Å²) in [5.74, 6) is -0.422. The van der Waals surface area contributed by atoms with Gasteiger partial charge in [-0.3, -0.25) is 9.59 Å². The number of carbonyl (C=O) groups is 2. The van der Waals surface area contributed by atoms with E-state index in [0.29, 0.717) is 23.5 Å². The SMILES string of the molecule is CCOc1cc(C=NNC(=O)CNC(=O)c2cccc3ccccc23)ccc1O. The molecule has 7 heteroatoms. The highest BCUT2D eigenvalue weighted by Crippen LogP contribution is 2.26. The van der Waals surface area contributed by atoms with Crippen molar-refractivity contribution >= 4 is 28.8 Å². The molecular weight excluding hydrogens is 370 g/mol. The van der Waals surface area contributed by atoms with E-state index in [1.807, 2.05) is 37.3 Å². The summed E-state index contributed by atoms with van der Waals surface area (Å²) < 4.78 is 5.30. The number of amides is 2. The van der Waals surface area contributed by atoms with E-state index >= 15 is 0 Å². The minimum absolute atomic E-state index is 0.0317. The minimum atomic E-state index is -0.460. The van der Waals surface area contributed by atoms with Gasteiger partial charge in [0.1, 0.15) is 0 Å². The van der Waals surface area contributed by atoms with E-state index in [1.165, 1.54) is 12.3 Å². The minimum Gasteiger partial charge on any atom is -0.504 e. The van der Waals surface area contributed by atoms with Crippen molar-refractivity contribution in [2.24, 2.45) is 5.10 Å². The van der Waals surface area contributed by atoms with E-state index in [9.17, 15) is 14.7 Å². The second-order valence-electron chi connectivity index (χ2n) is 6.16. The molecule has 0 fully saturated rings. The normalized spacial score (nSPS) is 10.8. The van der Waals surface area contributed by atoms with Crippen LogP contribution in [0.1, 0.15) is 22.8 Å². The fourth-order valence-corrected chi connectivity index (χ4v) is 2.78. The largest absolute Gasteiger partial charge is 0.504 e. The highest BCUT2D eigenvalue weighted by Gasteiger charge is 2.10. The summed E-state index contributed by atoms with van der Waals surface area (Å²) in [5, 5.41) is 17.9. The van der Waals surface area contributed by atoms with E-state index < -0.39 is 5.91 Å². The Balaban J connectivity index is 1.55. The van der Waals surface area contributed by atoms with Crippen molar-refractivity contribution < 1.29 is 19.4 Å². The lowest BCUT2D eigenvalue weighted by atomic mass is 10.0. The molecular formula is C22H21N3O4. The molecule has 2 amide bonds. The zero-order valence-corrected chi connectivity index (χ0v) is 15.9. The fourth-order valence-electron chi connectivity index (χ4n) is 2.78. The van der Waals surface area contributed by atoms with Crippen LogP contribution < -0.4 is 15.5 Å². The van der Waals surface area contributed by atoms with Crippen molar-refractivity contribution in [1.29, 1.82) is 0 Å². The molecule has 0 spiro atoms. The van der Waals surface area contributed by atoms with Gasteiger partial charge in [0.15, 0.2) is 11.5 Å². The molecule has 0 aromatic heterocycles. The van der Waals surface area contributed by atoms with Crippen molar-refractivity contribution in [1.82, 2.24) is 10.7 Å². The van der Waals surface area contributed by atoms with Gasteiger partial charge >= 0.3 is 0 Å². The van der Waals surface area contributed by atoms with Crippen LogP contribution in [0, 0.1) is 0 Å². The molecule has 3 aromatic rings. The smallest absolute Gasteiger partial charge is 0.259 e. The van der Waals surface area contributed by atoms with Gasteiger partial charge in [0, 0.05) is 5.56 Å². The Morgan fingerprint density at radius 3 is 2.72 bits per heavy atom. The van der Waals surface area contributed by atoms with Gasteiger partial charge in [0.05, 0.1) is 19.4 Å². The molecule has 0 aliphatic carbocycles. The number of hydrogen-bond donors (Lipinski definition) is 3. The number of hydrogen-bond acceptors (Lipinski definition) is 5. The van der Waals surface area contributed by atoms with Gasteiger partial charge in [0.2, 0.25) is 0 Å². The number of phenols is 1. The van der Waals surface area contributed by atoms with Crippen LogP contribution in [0.15, 0.2) is 65.8 Å². The number of rotatable bonds is 7. The molecule has 3 rings (SSSR count). The molecule has 0 aliphatic heterocycles. The van der Waals surface area contributed by atoms with Gasteiger partial charge in [-0.05, 0) is 47.5 Å². The zero-order chi connectivity index (χ0) is 20.6. The van der Waals surface area contributed by atoms with Gasteiger partial charge in [-0.1, -0.05) is 36.4 Å². The second kappa shape index (κ2) is 9.36. The van der Waals surface area contributed by atoms with Crippen LogP contribution >= 0.6 is 0 Å². The average molecular weight is 391 g/mol. The van der Waals surface area contributed by atoms with Crippen LogP contribution in [0.3, 0.4) is 0 Å². The monoisotopic (exact) mass is 391 g/mol. The molecule has 0 saturated heterocycles. The number of aromatic hydroxyl groups is 1. The Labute approximate surface area is 168 Å². The van der Waals surface area contributed by atoms with Gasteiger partial charge in [0.25, 0.3) is 11.8 Å².